The topological polar surface area (TPSA) is 44.9 Å². The predicted octanol–water partition coefficient (Wildman–Crippen LogP) is 3.17. The van der Waals surface area contributed by atoms with Crippen molar-refractivity contribution in [2.24, 2.45) is 10.8 Å². The average Bonchev–Trinajstić information content (AvgIpc) is 2.55. The quantitative estimate of drug-likeness (QED) is 0.740. The lowest BCUT2D eigenvalue weighted by molar-refractivity contribution is 0.0874. The van der Waals surface area contributed by atoms with E-state index in [-0.39, 0.29) is 21.9 Å². The van der Waals surface area contributed by atoms with Gasteiger partial charge in [0.2, 0.25) is 5.56 Å². The van der Waals surface area contributed by atoms with Crippen LogP contribution in [0.3, 0.4) is 0 Å². The van der Waals surface area contributed by atoms with Gasteiger partial charge >= 0.3 is 0 Å². The van der Waals surface area contributed by atoms with Crippen LogP contribution in [0.25, 0.3) is 0 Å². The van der Waals surface area contributed by atoms with Crippen LogP contribution in [-0.2, 0) is 6.42 Å². The van der Waals surface area contributed by atoms with Crippen LogP contribution in [0.1, 0.15) is 47.1 Å². The first-order valence-corrected chi connectivity index (χ1v) is 6.57. The highest BCUT2D eigenvalue weighted by molar-refractivity contribution is 5.58. The van der Waals surface area contributed by atoms with Gasteiger partial charge < -0.3 is 10.3 Å². The van der Waals surface area contributed by atoms with E-state index in [2.05, 4.69) is 51.8 Å². The summed E-state index contributed by atoms with van der Waals surface area (Å²) < 4.78 is 0. The van der Waals surface area contributed by atoms with E-state index in [0.717, 1.165) is 17.7 Å². The van der Waals surface area contributed by atoms with Gasteiger partial charge in [-0.3, -0.25) is 4.79 Å². The zero-order chi connectivity index (χ0) is 13.8. The molecule has 0 atom stereocenters. The first-order chi connectivity index (χ1) is 8.07. The SMILES string of the molecule is CC(C)(C)C1(C(C)(C)C)Cc2cc(=O)[nH]cc2N1. The molecule has 0 saturated heterocycles. The van der Waals surface area contributed by atoms with Crippen LogP contribution >= 0.6 is 0 Å². The van der Waals surface area contributed by atoms with Crippen molar-refractivity contribution in [1.82, 2.24) is 4.98 Å². The molecule has 0 fully saturated rings. The van der Waals surface area contributed by atoms with Crippen LogP contribution in [0, 0.1) is 10.8 Å². The van der Waals surface area contributed by atoms with E-state index >= 15 is 0 Å². The van der Waals surface area contributed by atoms with Crippen molar-refractivity contribution in [2.45, 2.75) is 53.5 Å². The van der Waals surface area contributed by atoms with Crippen LogP contribution < -0.4 is 10.9 Å². The number of aromatic nitrogens is 1. The summed E-state index contributed by atoms with van der Waals surface area (Å²) in [5, 5.41) is 3.68. The molecule has 18 heavy (non-hydrogen) atoms. The van der Waals surface area contributed by atoms with Crippen LogP contribution in [0.4, 0.5) is 5.69 Å². The maximum Gasteiger partial charge on any atom is 0.248 e. The van der Waals surface area contributed by atoms with E-state index < -0.39 is 0 Å². The minimum atomic E-state index is -0.0377. The molecular weight excluding hydrogens is 224 g/mol. The summed E-state index contributed by atoms with van der Waals surface area (Å²) in [6, 6.07) is 1.72. The predicted molar refractivity (Wildman–Crippen MR) is 76.0 cm³/mol. The summed E-state index contributed by atoms with van der Waals surface area (Å²) >= 11 is 0. The van der Waals surface area contributed by atoms with Crippen molar-refractivity contribution < 1.29 is 0 Å². The summed E-state index contributed by atoms with van der Waals surface area (Å²) in [5.74, 6) is 0. The molecule has 0 bridgehead atoms. The number of hydrogen-bond donors (Lipinski definition) is 2. The van der Waals surface area contributed by atoms with Crippen molar-refractivity contribution in [3.05, 3.63) is 28.2 Å². The second-order valence-electron chi connectivity index (χ2n) is 7.44. The highest BCUT2D eigenvalue weighted by atomic mass is 16.1. The first kappa shape index (κ1) is 13.2. The summed E-state index contributed by atoms with van der Waals surface area (Å²) in [5.41, 5.74) is 2.35. The smallest absolute Gasteiger partial charge is 0.248 e. The minimum absolute atomic E-state index is 0.0193. The molecule has 1 aromatic heterocycles. The summed E-state index contributed by atoms with van der Waals surface area (Å²) in [6.45, 7) is 13.6. The van der Waals surface area contributed by atoms with E-state index in [0.29, 0.717) is 0 Å². The van der Waals surface area contributed by atoms with Gasteiger partial charge in [-0.15, -0.1) is 0 Å². The van der Waals surface area contributed by atoms with Gasteiger partial charge in [0.1, 0.15) is 0 Å². The van der Waals surface area contributed by atoms with Gasteiger partial charge in [-0.2, -0.15) is 0 Å². The molecule has 0 saturated carbocycles. The van der Waals surface area contributed by atoms with E-state index in [9.17, 15) is 4.79 Å². The molecule has 2 heterocycles. The molecule has 1 aliphatic heterocycles. The fraction of sp³-hybridized carbons (Fsp3) is 0.667. The number of fused-ring (bicyclic) bond motifs is 1. The van der Waals surface area contributed by atoms with Crippen molar-refractivity contribution in [2.75, 3.05) is 5.32 Å². The van der Waals surface area contributed by atoms with Crippen LogP contribution in [0.2, 0.25) is 0 Å². The summed E-state index contributed by atoms with van der Waals surface area (Å²) in [6.07, 6.45) is 2.70. The molecule has 0 amide bonds. The average molecular weight is 248 g/mol. The normalized spacial score (nSPS) is 18.3. The lowest BCUT2D eigenvalue weighted by atomic mass is 9.59. The third-order valence-electron chi connectivity index (χ3n) is 4.37. The number of hydrogen-bond acceptors (Lipinski definition) is 2. The molecule has 0 aliphatic carbocycles. The van der Waals surface area contributed by atoms with Gasteiger partial charge in [0.05, 0.1) is 11.2 Å². The molecule has 3 heteroatoms. The summed E-state index contributed by atoms with van der Waals surface area (Å²) in [7, 11) is 0. The number of nitrogens with one attached hydrogen (secondary N) is 2. The standard InChI is InChI=1S/C15H24N2O/c1-13(2,3)15(14(4,5)6)8-10-7-12(18)16-9-11(10)17-15/h7,9,17H,8H2,1-6H3,(H,16,18). The Kier molecular flexibility index (Phi) is 2.66. The zero-order valence-corrected chi connectivity index (χ0v) is 12.3. The maximum atomic E-state index is 11.5. The van der Waals surface area contributed by atoms with E-state index in [1.165, 1.54) is 0 Å². The number of rotatable bonds is 0. The first-order valence-electron chi connectivity index (χ1n) is 6.57. The molecule has 0 spiro atoms. The largest absolute Gasteiger partial charge is 0.377 e. The third kappa shape index (κ3) is 1.76. The Hall–Kier alpha value is -1.25. The van der Waals surface area contributed by atoms with Gasteiger partial charge in [-0.05, 0) is 22.8 Å². The number of anilines is 1. The van der Waals surface area contributed by atoms with Crippen molar-refractivity contribution in [3.63, 3.8) is 0 Å². The molecule has 2 rings (SSSR count). The molecule has 1 aromatic rings. The Morgan fingerprint density at radius 3 is 2.17 bits per heavy atom. The van der Waals surface area contributed by atoms with Gasteiger partial charge in [0.25, 0.3) is 0 Å². The highest BCUT2D eigenvalue weighted by Crippen LogP contribution is 2.52. The Morgan fingerprint density at radius 2 is 1.67 bits per heavy atom. The summed E-state index contributed by atoms with van der Waals surface area (Å²) in [4.78, 5) is 14.2. The van der Waals surface area contributed by atoms with E-state index in [4.69, 9.17) is 0 Å². The second kappa shape index (κ2) is 3.62. The minimum Gasteiger partial charge on any atom is -0.377 e. The molecule has 0 radical (unpaired) electrons. The Bertz CT molecular complexity index is 501. The third-order valence-corrected chi connectivity index (χ3v) is 4.37. The zero-order valence-electron chi connectivity index (χ0n) is 12.3. The molecule has 3 nitrogen and oxygen atoms in total. The van der Waals surface area contributed by atoms with E-state index in [1.807, 2.05) is 0 Å². The Morgan fingerprint density at radius 1 is 1.11 bits per heavy atom. The molecular formula is C15H24N2O. The van der Waals surface area contributed by atoms with Gasteiger partial charge in [0.15, 0.2) is 0 Å². The molecule has 2 N–H and O–H groups in total. The van der Waals surface area contributed by atoms with Crippen LogP contribution in [0.5, 0.6) is 0 Å². The molecule has 1 aliphatic rings. The van der Waals surface area contributed by atoms with Crippen molar-refractivity contribution >= 4 is 5.69 Å². The Labute approximate surface area is 109 Å². The lowest BCUT2D eigenvalue weighted by Gasteiger charge is -2.52. The fourth-order valence-electron chi connectivity index (χ4n) is 3.37. The highest BCUT2D eigenvalue weighted by Gasteiger charge is 2.53. The van der Waals surface area contributed by atoms with E-state index in [1.54, 1.807) is 12.3 Å². The van der Waals surface area contributed by atoms with Gasteiger partial charge in [0, 0.05) is 12.3 Å². The molecule has 0 unspecified atom stereocenters. The monoisotopic (exact) mass is 248 g/mol. The molecule has 0 aromatic carbocycles. The van der Waals surface area contributed by atoms with Gasteiger partial charge in [-0.25, -0.2) is 0 Å². The van der Waals surface area contributed by atoms with Crippen molar-refractivity contribution in [1.29, 1.82) is 0 Å². The van der Waals surface area contributed by atoms with Crippen LogP contribution in [-0.4, -0.2) is 10.5 Å². The maximum absolute atomic E-state index is 11.5. The fourth-order valence-corrected chi connectivity index (χ4v) is 3.37. The number of H-pyrrole nitrogens is 1. The van der Waals surface area contributed by atoms with Gasteiger partial charge in [-0.1, -0.05) is 41.5 Å². The molecule has 100 valence electrons. The van der Waals surface area contributed by atoms with Crippen molar-refractivity contribution in [3.8, 4) is 0 Å². The lowest BCUT2D eigenvalue weighted by Crippen LogP contribution is -2.57. The van der Waals surface area contributed by atoms with Crippen LogP contribution in [0.15, 0.2) is 17.1 Å². The second-order valence-corrected chi connectivity index (χ2v) is 7.44. The Balaban J connectivity index is 2.55. The number of aromatic amines is 1. The number of pyridine rings is 1.